The molecule has 3 N–H and O–H groups in total. The maximum Gasteiger partial charge on any atom is 0.328 e. The summed E-state index contributed by atoms with van der Waals surface area (Å²) in [6, 6.07) is 7.34. The molecule has 0 aliphatic heterocycles. The summed E-state index contributed by atoms with van der Waals surface area (Å²) in [5.41, 5.74) is 6.50. The number of benzene rings is 1. The van der Waals surface area contributed by atoms with Crippen molar-refractivity contribution in [3.8, 4) is 0 Å². The zero-order chi connectivity index (χ0) is 17.9. The van der Waals surface area contributed by atoms with Crippen molar-refractivity contribution in [1.82, 2.24) is 5.32 Å². The Labute approximate surface area is 153 Å². The van der Waals surface area contributed by atoms with Crippen LogP contribution < -0.4 is 11.1 Å². The molecule has 8 heteroatoms. The number of ether oxygens (including phenoxy) is 2. The molecule has 1 rings (SSSR count). The average molecular weight is 373 g/mol. The highest BCUT2D eigenvalue weighted by atomic mass is 35.5. The van der Waals surface area contributed by atoms with E-state index in [2.05, 4.69) is 5.32 Å². The van der Waals surface area contributed by atoms with E-state index in [0.29, 0.717) is 6.42 Å². The molecule has 0 saturated carbocycles. The Morgan fingerprint density at radius 3 is 2.16 bits per heavy atom. The summed E-state index contributed by atoms with van der Waals surface area (Å²) >= 11 is 0. The molecule has 0 bridgehead atoms. The normalized spacial score (nSPS) is 12.3. The van der Waals surface area contributed by atoms with Crippen molar-refractivity contribution >= 4 is 30.3 Å². The van der Waals surface area contributed by atoms with E-state index in [4.69, 9.17) is 15.2 Å². The lowest BCUT2D eigenvalue weighted by Gasteiger charge is -2.18. The summed E-state index contributed by atoms with van der Waals surface area (Å²) in [7, 11) is 0. The topological polar surface area (TPSA) is 108 Å². The fourth-order valence-electron chi connectivity index (χ4n) is 2.07. The van der Waals surface area contributed by atoms with Gasteiger partial charge in [0.1, 0.15) is 12.1 Å². The van der Waals surface area contributed by atoms with Crippen molar-refractivity contribution < 1.29 is 23.9 Å². The third-order valence-electron chi connectivity index (χ3n) is 3.18. The molecule has 0 aliphatic carbocycles. The van der Waals surface area contributed by atoms with Crippen LogP contribution in [0.15, 0.2) is 30.3 Å². The number of carbonyl (C=O) groups excluding carboxylic acids is 3. The zero-order valence-corrected chi connectivity index (χ0v) is 15.2. The lowest BCUT2D eigenvalue weighted by molar-refractivity contribution is -0.148. The van der Waals surface area contributed by atoms with E-state index in [-0.39, 0.29) is 32.0 Å². The summed E-state index contributed by atoms with van der Waals surface area (Å²) in [6.07, 6.45) is 0.0313. The van der Waals surface area contributed by atoms with Gasteiger partial charge < -0.3 is 20.5 Å². The van der Waals surface area contributed by atoms with Crippen LogP contribution >= 0.6 is 12.4 Å². The Kier molecular flexibility index (Phi) is 11.2. The van der Waals surface area contributed by atoms with E-state index in [1.165, 1.54) is 0 Å². The van der Waals surface area contributed by atoms with E-state index in [1.54, 1.807) is 13.8 Å². The fourth-order valence-corrected chi connectivity index (χ4v) is 2.07. The highest BCUT2D eigenvalue weighted by Crippen LogP contribution is 2.06. The molecule has 0 saturated heterocycles. The number of halogens is 1. The van der Waals surface area contributed by atoms with Gasteiger partial charge in [-0.15, -0.1) is 12.4 Å². The predicted octanol–water partition coefficient (Wildman–Crippen LogP) is 0.979. The average Bonchev–Trinajstić information content (AvgIpc) is 2.55. The van der Waals surface area contributed by atoms with Crippen LogP contribution in [0.4, 0.5) is 0 Å². The lowest BCUT2D eigenvalue weighted by Crippen LogP contribution is -2.46. The van der Waals surface area contributed by atoms with Crippen molar-refractivity contribution in [2.75, 3.05) is 13.2 Å². The Balaban J connectivity index is 0.00000576. The maximum absolute atomic E-state index is 12.1. The van der Waals surface area contributed by atoms with Crippen LogP contribution in [0.2, 0.25) is 0 Å². The van der Waals surface area contributed by atoms with Gasteiger partial charge in [0.2, 0.25) is 5.91 Å². The molecule has 1 aromatic carbocycles. The third-order valence-corrected chi connectivity index (χ3v) is 3.18. The van der Waals surface area contributed by atoms with Crippen LogP contribution in [0.5, 0.6) is 0 Å². The van der Waals surface area contributed by atoms with Gasteiger partial charge in [0.15, 0.2) is 0 Å². The van der Waals surface area contributed by atoms with Gasteiger partial charge in [0.05, 0.1) is 19.6 Å². The Bertz CT molecular complexity index is 553. The molecule has 0 unspecified atom stereocenters. The smallest absolute Gasteiger partial charge is 0.328 e. The number of nitrogens with one attached hydrogen (secondary N) is 1. The fraction of sp³-hybridized carbons (Fsp3) is 0.471. The maximum atomic E-state index is 12.1. The highest BCUT2D eigenvalue weighted by molar-refractivity contribution is 5.88. The van der Waals surface area contributed by atoms with Gasteiger partial charge in [-0.25, -0.2) is 4.79 Å². The van der Waals surface area contributed by atoms with Crippen molar-refractivity contribution in [2.24, 2.45) is 5.73 Å². The summed E-state index contributed by atoms with van der Waals surface area (Å²) in [4.78, 5) is 35.6. The number of amides is 1. The number of esters is 2. The minimum absolute atomic E-state index is 0. The number of carbonyl (C=O) groups is 3. The molecule has 0 heterocycles. The zero-order valence-electron chi connectivity index (χ0n) is 14.4. The van der Waals surface area contributed by atoms with Crippen molar-refractivity contribution in [1.29, 1.82) is 0 Å². The van der Waals surface area contributed by atoms with Crippen LogP contribution in [0.3, 0.4) is 0 Å². The monoisotopic (exact) mass is 372 g/mol. The Hall–Kier alpha value is -2.12. The van der Waals surface area contributed by atoms with E-state index < -0.39 is 29.9 Å². The van der Waals surface area contributed by atoms with Gasteiger partial charge in [-0.05, 0) is 19.4 Å². The summed E-state index contributed by atoms with van der Waals surface area (Å²) in [5.74, 6) is -1.69. The third kappa shape index (κ3) is 8.51. The van der Waals surface area contributed by atoms with Crippen molar-refractivity contribution in [3.63, 3.8) is 0 Å². The lowest BCUT2D eigenvalue weighted by atomic mass is 10.1. The second-order valence-corrected chi connectivity index (χ2v) is 5.12. The van der Waals surface area contributed by atoms with Crippen LogP contribution in [-0.2, 0) is 30.3 Å². The van der Waals surface area contributed by atoms with Gasteiger partial charge in [-0.1, -0.05) is 30.3 Å². The molecule has 140 valence electrons. The molecule has 0 aromatic heterocycles. The van der Waals surface area contributed by atoms with E-state index in [9.17, 15) is 14.4 Å². The minimum atomic E-state index is -1.07. The second kappa shape index (κ2) is 12.3. The molecule has 0 aliphatic rings. The number of hydrogen-bond donors (Lipinski definition) is 2. The number of nitrogens with two attached hydrogens (primary N) is 1. The van der Waals surface area contributed by atoms with E-state index >= 15 is 0 Å². The number of hydrogen-bond acceptors (Lipinski definition) is 6. The van der Waals surface area contributed by atoms with Crippen LogP contribution in [0, 0.1) is 0 Å². The van der Waals surface area contributed by atoms with E-state index in [0.717, 1.165) is 5.56 Å². The molecule has 0 radical (unpaired) electrons. The molecular weight excluding hydrogens is 348 g/mol. The first-order valence-electron chi connectivity index (χ1n) is 7.90. The van der Waals surface area contributed by atoms with Crippen LogP contribution in [0.1, 0.15) is 25.8 Å². The molecule has 7 nitrogen and oxygen atoms in total. The van der Waals surface area contributed by atoms with E-state index in [1.807, 2.05) is 30.3 Å². The minimum Gasteiger partial charge on any atom is -0.465 e. The first-order valence-corrected chi connectivity index (χ1v) is 7.90. The highest BCUT2D eigenvalue weighted by Gasteiger charge is 2.25. The summed E-state index contributed by atoms with van der Waals surface area (Å²) in [6.45, 7) is 3.74. The number of rotatable bonds is 9. The van der Waals surface area contributed by atoms with Gasteiger partial charge in [0, 0.05) is 6.42 Å². The van der Waals surface area contributed by atoms with Crippen LogP contribution in [0.25, 0.3) is 0 Å². The van der Waals surface area contributed by atoms with Crippen LogP contribution in [-0.4, -0.2) is 43.1 Å². The van der Waals surface area contributed by atoms with Crippen molar-refractivity contribution in [2.45, 2.75) is 38.8 Å². The molecular formula is C17H25ClN2O5. The summed E-state index contributed by atoms with van der Waals surface area (Å²) < 4.78 is 9.75. The quantitative estimate of drug-likeness (QED) is 0.625. The molecule has 0 fully saturated rings. The predicted molar refractivity (Wildman–Crippen MR) is 95.2 cm³/mol. The second-order valence-electron chi connectivity index (χ2n) is 5.12. The van der Waals surface area contributed by atoms with Gasteiger partial charge in [-0.2, -0.15) is 0 Å². The molecule has 1 aromatic rings. The Morgan fingerprint density at radius 2 is 1.60 bits per heavy atom. The van der Waals surface area contributed by atoms with Gasteiger partial charge >= 0.3 is 11.9 Å². The first kappa shape index (κ1) is 22.9. The SMILES string of the molecule is CCOC(=O)[C@H](Cc1ccccc1)NC(=O)C[C@H](N)C(=O)OCC.Cl. The van der Waals surface area contributed by atoms with Crippen molar-refractivity contribution in [3.05, 3.63) is 35.9 Å². The summed E-state index contributed by atoms with van der Waals surface area (Å²) in [5, 5.41) is 2.58. The van der Waals surface area contributed by atoms with Gasteiger partial charge in [-0.3, -0.25) is 9.59 Å². The standard InChI is InChI=1S/C17H24N2O5.ClH/c1-3-23-16(21)13(18)11-15(20)19-14(17(22)24-4-2)10-12-8-6-5-7-9-12;/h5-9,13-14H,3-4,10-11,18H2,1-2H3,(H,19,20);1H/t13-,14-;/m0./s1. The largest absolute Gasteiger partial charge is 0.465 e. The Morgan fingerprint density at radius 1 is 1.04 bits per heavy atom. The molecule has 25 heavy (non-hydrogen) atoms. The molecule has 2 atom stereocenters. The van der Waals surface area contributed by atoms with Gasteiger partial charge in [0.25, 0.3) is 0 Å². The molecule has 0 spiro atoms. The molecule has 1 amide bonds. The first-order chi connectivity index (χ1) is 11.5.